The zero-order valence-electron chi connectivity index (χ0n) is 14.8. The van der Waals surface area contributed by atoms with Crippen molar-refractivity contribution in [3.05, 3.63) is 35.9 Å². The third-order valence-electron chi connectivity index (χ3n) is 4.93. The highest BCUT2D eigenvalue weighted by Gasteiger charge is 2.24. The molecule has 3 rings (SSSR count). The minimum atomic E-state index is -0.265. The lowest BCUT2D eigenvalue weighted by Gasteiger charge is -2.26. The van der Waals surface area contributed by atoms with Gasteiger partial charge >= 0.3 is 5.97 Å². The van der Waals surface area contributed by atoms with Gasteiger partial charge in [-0.2, -0.15) is 5.10 Å². The molecule has 1 aromatic carbocycles. The first-order chi connectivity index (χ1) is 12.1. The third-order valence-corrected chi connectivity index (χ3v) is 4.93. The van der Waals surface area contributed by atoms with Crippen LogP contribution < -0.4 is 0 Å². The molecule has 0 bridgehead atoms. The number of esters is 1. The van der Waals surface area contributed by atoms with E-state index in [1.54, 1.807) is 0 Å². The maximum atomic E-state index is 12.3. The molecule has 0 spiro atoms. The van der Waals surface area contributed by atoms with Crippen molar-refractivity contribution in [2.75, 3.05) is 6.54 Å². The van der Waals surface area contributed by atoms with Crippen molar-refractivity contribution in [2.45, 2.75) is 58.0 Å². The van der Waals surface area contributed by atoms with Gasteiger partial charge in [0.05, 0.1) is 18.7 Å². The molecule has 1 aromatic rings. The monoisotopic (exact) mass is 342 g/mol. The molecule has 1 heterocycles. The quantitative estimate of drug-likeness (QED) is 0.769. The first-order valence-corrected chi connectivity index (χ1v) is 9.24. The molecule has 2 atom stereocenters. The summed E-state index contributed by atoms with van der Waals surface area (Å²) in [6, 6.07) is 9.88. The number of nitrogens with zero attached hydrogens (tertiary/aromatic N) is 2. The highest BCUT2D eigenvalue weighted by atomic mass is 16.5. The molecule has 1 saturated carbocycles. The number of hydrogen-bond donors (Lipinski definition) is 0. The van der Waals surface area contributed by atoms with Gasteiger partial charge < -0.3 is 4.74 Å². The van der Waals surface area contributed by atoms with Crippen LogP contribution in [0.4, 0.5) is 0 Å². The highest BCUT2D eigenvalue weighted by molar-refractivity contribution is 6.02. The van der Waals surface area contributed by atoms with E-state index in [2.05, 4.69) is 12.0 Å². The Balaban J connectivity index is 1.45. The van der Waals surface area contributed by atoms with Gasteiger partial charge in [0.1, 0.15) is 6.10 Å². The molecular formula is C20H26N2O3. The zero-order chi connectivity index (χ0) is 17.6. The van der Waals surface area contributed by atoms with Crippen molar-refractivity contribution in [3.8, 4) is 0 Å². The molecule has 0 radical (unpaired) electrons. The first kappa shape index (κ1) is 17.6. The van der Waals surface area contributed by atoms with Crippen LogP contribution in [0.3, 0.4) is 0 Å². The van der Waals surface area contributed by atoms with Crippen molar-refractivity contribution in [3.63, 3.8) is 0 Å². The number of amides is 1. The summed E-state index contributed by atoms with van der Waals surface area (Å²) in [5.41, 5.74) is 1.97. The summed E-state index contributed by atoms with van der Waals surface area (Å²) in [7, 11) is 0. The number of benzene rings is 1. The number of carbonyl (C=O) groups is 2. The van der Waals surface area contributed by atoms with Crippen LogP contribution >= 0.6 is 0 Å². The smallest absolute Gasteiger partial charge is 0.306 e. The van der Waals surface area contributed by atoms with Crippen LogP contribution in [0.25, 0.3) is 0 Å². The second kappa shape index (κ2) is 8.28. The van der Waals surface area contributed by atoms with Gasteiger partial charge in [-0.25, -0.2) is 5.01 Å². The Morgan fingerprint density at radius 1 is 1.20 bits per heavy atom. The maximum absolute atomic E-state index is 12.3. The minimum Gasteiger partial charge on any atom is -0.462 e. The number of rotatable bonds is 5. The highest BCUT2D eigenvalue weighted by Crippen LogP contribution is 2.26. The average molecular weight is 342 g/mol. The van der Waals surface area contributed by atoms with Crippen LogP contribution in [0.15, 0.2) is 35.4 Å². The van der Waals surface area contributed by atoms with E-state index >= 15 is 0 Å². The summed E-state index contributed by atoms with van der Waals surface area (Å²) in [5.74, 6) is 0.238. The van der Waals surface area contributed by atoms with Gasteiger partial charge in [-0.05, 0) is 30.7 Å². The van der Waals surface area contributed by atoms with E-state index in [1.165, 1.54) is 11.4 Å². The fourth-order valence-corrected chi connectivity index (χ4v) is 3.54. The van der Waals surface area contributed by atoms with Crippen molar-refractivity contribution in [1.29, 1.82) is 0 Å². The standard InChI is InChI=1S/C20H26N2O3/c1-15-6-5-9-17(14-15)25-20(24)11-10-19(23)22-13-12-18(21-22)16-7-3-2-4-8-16/h2-4,7-8,15,17H,5-6,9-14H2,1H3. The van der Waals surface area contributed by atoms with Gasteiger partial charge in [0.2, 0.25) is 5.91 Å². The molecule has 1 aliphatic carbocycles. The van der Waals surface area contributed by atoms with Gasteiger partial charge in [-0.15, -0.1) is 0 Å². The number of hydrogen-bond acceptors (Lipinski definition) is 4. The largest absolute Gasteiger partial charge is 0.462 e. The van der Waals surface area contributed by atoms with Gasteiger partial charge in [-0.1, -0.05) is 43.7 Å². The summed E-state index contributed by atoms with van der Waals surface area (Å²) < 4.78 is 5.52. The molecule has 1 amide bonds. The molecule has 0 N–H and O–H groups in total. The molecule has 5 nitrogen and oxygen atoms in total. The predicted octanol–water partition coefficient (Wildman–Crippen LogP) is 3.53. The summed E-state index contributed by atoms with van der Waals surface area (Å²) in [6.07, 6.45) is 5.29. The Bertz CT molecular complexity index is 642. The van der Waals surface area contributed by atoms with Gasteiger partial charge in [0, 0.05) is 12.8 Å². The summed E-state index contributed by atoms with van der Waals surface area (Å²) in [6.45, 7) is 2.78. The first-order valence-electron chi connectivity index (χ1n) is 9.24. The molecule has 25 heavy (non-hydrogen) atoms. The van der Waals surface area contributed by atoms with Crippen LogP contribution in [-0.2, 0) is 14.3 Å². The van der Waals surface area contributed by atoms with E-state index < -0.39 is 0 Å². The average Bonchev–Trinajstić information content (AvgIpc) is 3.11. The molecule has 0 saturated heterocycles. The normalized spacial score (nSPS) is 23.2. The molecule has 5 heteroatoms. The van der Waals surface area contributed by atoms with E-state index in [0.29, 0.717) is 12.5 Å². The van der Waals surface area contributed by atoms with Crippen LogP contribution in [0.2, 0.25) is 0 Å². The lowest BCUT2D eigenvalue weighted by atomic mass is 9.89. The summed E-state index contributed by atoms with van der Waals surface area (Å²) in [4.78, 5) is 24.3. The summed E-state index contributed by atoms with van der Waals surface area (Å²) >= 11 is 0. The van der Waals surface area contributed by atoms with E-state index in [9.17, 15) is 9.59 Å². The second-order valence-electron chi connectivity index (χ2n) is 7.06. The molecule has 2 unspecified atom stereocenters. The lowest BCUT2D eigenvalue weighted by Crippen LogP contribution is -2.27. The van der Waals surface area contributed by atoms with Crippen LogP contribution in [0.5, 0.6) is 0 Å². The van der Waals surface area contributed by atoms with E-state index in [-0.39, 0.29) is 30.8 Å². The Morgan fingerprint density at radius 3 is 2.76 bits per heavy atom. The number of hydrazone groups is 1. The van der Waals surface area contributed by atoms with Crippen molar-refractivity contribution in [2.24, 2.45) is 11.0 Å². The molecular weight excluding hydrogens is 316 g/mol. The Kier molecular flexibility index (Phi) is 5.84. The molecule has 134 valence electrons. The minimum absolute atomic E-state index is 0.0286. The van der Waals surface area contributed by atoms with Crippen LogP contribution in [0, 0.1) is 5.92 Å². The molecule has 0 aromatic heterocycles. The van der Waals surface area contributed by atoms with Crippen molar-refractivity contribution in [1.82, 2.24) is 5.01 Å². The van der Waals surface area contributed by atoms with Crippen molar-refractivity contribution < 1.29 is 14.3 Å². The SMILES string of the molecule is CC1CCCC(OC(=O)CCC(=O)N2CCC(c3ccccc3)=N2)C1. The van der Waals surface area contributed by atoms with Gasteiger partial charge in [-0.3, -0.25) is 9.59 Å². The number of carbonyl (C=O) groups excluding carboxylic acids is 2. The topological polar surface area (TPSA) is 59.0 Å². The Hall–Kier alpha value is -2.17. The molecule has 2 aliphatic rings. The maximum Gasteiger partial charge on any atom is 0.306 e. The van der Waals surface area contributed by atoms with E-state index in [1.807, 2.05) is 30.3 Å². The molecule has 1 aliphatic heterocycles. The predicted molar refractivity (Wildman–Crippen MR) is 96.1 cm³/mol. The lowest BCUT2D eigenvalue weighted by molar-refractivity contribution is -0.152. The fourth-order valence-electron chi connectivity index (χ4n) is 3.54. The summed E-state index contributed by atoms with van der Waals surface area (Å²) in [5, 5.41) is 5.89. The van der Waals surface area contributed by atoms with E-state index in [0.717, 1.165) is 37.0 Å². The van der Waals surface area contributed by atoms with Gasteiger partial charge in [0.15, 0.2) is 0 Å². The van der Waals surface area contributed by atoms with Crippen LogP contribution in [0.1, 0.15) is 57.4 Å². The van der Waals surface area contributed by atoms with Crippen molar-refractivity contribution >= 4 is 17.6 Å². The fraction of sp³-hybridized carbons (Fsp3) is 0.550. The second-order valence-corrected chi connectivity index (χ2v) is 7.06. The Morgan fingerprint density at radius 2 is 2.00 bits per heavy atom. The van der Waals surface area contributed by atoms with Gasteiger partial charge in [0.25, 0.3) is 0 Å². The third kappa shape index (κ3) is 4.91. The zero-order valence-corrected chi connectivity index (χ0v) is 14.8. The Labute approximate surface area is 149 Å². The van der Waals surface area contributed by atoms with Crippen LogP contribution in [-0.4, -0.2) is 35.2 Å². The number of ether oxygens (including phenoxy) is 1. The van der Waals surface area contributed by atoms with E-state index in [4.69, 9.17) is 4.74 Å². The molecule has 1 fully saturated rings.